The molecule has 8 aliphatic heterocycles. The number of likely N-dealkylation sites (tertiary alicyclic amines) is 7. The van der Waals surface area contributed by atoms with Gasteiger partial charge in [0.2, 0.25) is 0 Å². The molecule has 0 aromatic heterocycles. The van der Waals surface area contributed by atoms with Gasteiger partial charge in [-0.1, -0.05) is 76.2 Å². The first-order valence-electron chi connectivity index (χ1n) is 28.2. The van der Waals surface area contributed by atoms with E-state index in [0.717, 1.165) is 30.0 Å². The van der Waals surface area contributed by atoms with E-state index in [0.29, 0.717) is 43.7 Å². The Balaban J connectivity index is 0.000000166. The maximum atomic E-state index is 2.80. The van der Waals surface area contributed by atoms with Gasteiger partial charge in [-0.25, -0.2) is 0 Å². The molecular formula is C58H115N9. The Kier molecular flexibility index (Phi) is 17.4. The second kappa shape index (κ2) is 20.9. The van der Waals surface area contributed by atoms with E-state index in [1.807, 2.05) is 0 Å². The lowest BCUT2D eigenvalue weighted by molar-refractivity contribution is -0.166. The van der Waals surface area contributed by atoms with E-state index >= 15 is 0 Å². The quantitative estimate of drug-likeness (QED) is 0.259. The molecule has 4 atom stereocenters. The van der Waals surface area contributed by atoms with Crippen molar-refractivity contribution in [2.75, 3.05) is 137 Å². The molecule has 0 bridgehead atoms. The van der Waals surface area contributed by atoms with Gasteiger partial charge in [0.1, 0.15) is 0 Å². The van der Waals surface area contributed by atoms with E-state index in [2.05, 4.69) is 183 Å². The third-order valence-electron chi connectivity index (χ3n) is 17.4. The molecule has 0 aromatic carbocycles. The van der Waals surface area contributed by atoms with Crippen molar-refractivity contribution in [2.45, 2.75) is 199 Å². The fourth-order valence-electron chi connectivity index (χ4n) is 14.0. The van der Waals surface area contributed by atoms with E-state index in [-0.39, 0.29) is 0 Å². The smallest absolute Gasteiger partial charge is 0.0212 e. The lowest BCUT2D eigenvalue weighted by atomic mass is 9.69. The SMILES string of the molecule is CC(C)(C)CN1CCC(N2CCN(C(C)(C)C)CC2)CC1.C[C@@H]1CN(CC(C)(C)C)CCC1N1CC2(C1)CN(C(C)(C)C)C2.C[C@H]1CN(CC(C)(C)C)CCC1N1CC2(C1)CN(C(C)(C)C)C2. The minimum absolute atomic E-state index is 0.335. The first-order chi connectivity index (χ1) is 30.6. The van der Waals surface area contributed by atoms with Crippen LogP contribution in [0.3, 0.4) is 0 Å². The predicted molar refractivity (Wildman–Crippen MR) is 289 cm³/mol. The van der Waals surface area contributed by atoms with E-state index in [1.165, 1.54) is 163 Å². The zero-order valence-electron chi connectivity index (χ0n) is 48.6. The summed E-state index contributed by atoms with van der Waals surface area (Å²) in [5, 5.41) is 0. The molecule has 8 rings (SSSR count). The molecule has 0 N–H and O–H groups in total. The Morgan fingerprint density at radius 2 is 0.657 bits per heavy atom. The lowest BCUT2D eigenvalue weighted by Crippen LogP contribution is -2.76. The van der Waals surface area contributed by atoms with Crippen molar-refractivity contribution in [3.8, 4) is 0 Å². The summed E-state index contributed by atoms with van der Waals surface area (Å²) in [6, 6.07) is 2.50. The Morgan fingerprint density at radius 1 is 0.343 bits per heavy atom. The van der Waals surface area contributed by atoms with E-state index < -0.39 is 0 Å². The molecule has 8 aliphatic rings. The monoisotopic (exact) mass is 938 g/mol. The van der Waals surface area contributed by atoms with Crippen LogP contribution in [-0.4, -0.2) is 216 Å². The van der Waals surface area contributed by atoms with Crippen molar-refractivity contribution < 1.29 is 0 Å². The van der Waals surface area contributed by atoms with Crippen LogP contribution in [0.15, 0.2) is 0 Å². The first-order valence-corrected chi connectivity index (χ1v) is 28.2. The molecule has 0 aromatic rings. The summed E-state index contributed by atoms with van der Waals surface area (Å²) in [4.78, 5) is 24.4. The second-order valence-corrected chi connectivity index (χ2v) is 31.4. The highest BCUT2D eigenvalue weighted by Gasteiger charge is 2.57. The predicted octanol–water partition coefficient (Wildman–Crippen LogP) is 9.23. The first kappa shape index (κ1) is 55.9. The summed E-state index contributed by atoms with van der Waals surface area (Å²) >= 11 is 0. The van der Waals surface area contributed by atoms with Crippen molar-refractivity contribution >= 4 is 0 Å². The van der Waals surface area contributed by atoms with Crippen LogP contribution in [0.5, 0.6) is 0 Å². The van der Waals surface area contributed by atoms with Crippen molar-refractivity contribution in [1.82, 2.24) is 44.1 Å². The molecule has 0 radical (unpaired) electrons. The third-order valence-corrected chi connectivity index (χ3v) is 17.4. The van der Waals surface area contributed by atoms with Gasteiger partial charge < -0.3 is 14.7 Å². The number of piperazine rings is 1. The van der Waals surface area contributed by atoms with Crippen LogP contribution in [0.4, 0.5) is 0 Å². The Morgan fingerprint density at radius 3 is 0.955 bits per heavy atom. The van der Waals surface area contributed by atoms with Gasteiger partial charge in [-0.05, 0) is 142 Å². The number of rotatable bonds is 6. The minimum atomic E-state index is 0.335. The summed E-state index contributed by atoms with van der Waals surface area (Å²) in [5.74, 6) is 1.64. The van der Waals surface area contributed by atoms with Crippen molar-refractivity contribution in [2.24, 2.45) is 38.9 Å². The van der Waals surface area contributed by atoms with Crippen LogP contribution in [0.25, 0.3) is 0 Å². The van der Waals surface area contributed by atoms with Gasteiger partial charge in [0.05, 0.1) is 0 Å². The summed E-state index contributed by atoms with van der Waals surface area (Å²) in [6.07, 6.45) is 5.48. The van der Waals surface area contributed by atoms with E-state index in [9.17, 15) is 0 Å². The van der Waals surface area contributed by atoms with Gasteiger partial charge in [0, 0.05) is 157 Å². The van der Waals surface area contributed by atoms with Gasteiger partial charge in [-0.3, -0.25) is 29.4 Å². The summed E-state index contributed by atoms with van der Waals surface area (Å²) < 4.78 is 0. The third kappa shape index (κ3) is 15.6. The standard InChI is InChI=1S/2C20H39N3.C18H37N3/c2*1-16-10-21(11-18(2,3)4)9-8-17(16)22-12-20(13-22)14-23(15-20)19(5,6)7;1-17(2,3)15-19-9-7-16(8-10-19)20-11-13-21(14-12-20)18(4,5)6/h2*16-17H,8-15H2,1-7H3;16H,7-15H2,1-6H3/t2*16-,17?;/m10./s1. The van der Waals surface area contributed by atoms with Crippen molar-refractivity contribution in [3.05, 3.63) is 0 Å². The van der Waals surface area contributed by atoms with Crippen LogP contribution in [-0.2, 0) is 0 Å². The Labute approximate surface area is 417 Å². The summed E-state index contributed by atoms with van der Waals surface area (Å²) in [5.41, 5.74) is 3.64. The Hall–Kier alpha value is -0.360. The van der Waals surface area contributed by atoms with Gasteiger partial charge in [-0.15, -0.1) is 0 Å². The number of nitrogens with zero attached hydrogens (tertiary/aromatic N) is 9. The van der Waals surface area contributed by atoms with Gasteiger partial charge in [0.15, 0.2) is 0 Å². The molecule has 67 heavy (non-hydrogen) atoms. The zero-order valence-corrected chi connectivity index (χ0v) is 48.6. The highest BCUT2D eigenvalue weighted by molar-refractivity contribution is 5.11. The van der Waals surface area contributed by atoms with Crippen LogP contribution < -0.4 is 0 Å². The lowest BCUT2D eigenvalue weighted by Gasteiger charge is -2.66. The van der Waals surface area contributed by atoms with Crippen molar-refractivity contribution in [1.29, 1.82) is 0 Å². The normalized spacial score (nSPS) is 31.0. The molecule has 9 nitrogen and oxygen atoms in total. The molecular weight excluding hydrogens is 823 g/mol. The van der Waals surface area contributed by atoms with Crippen LogP contribution >= 0.6 is 0 Å². The van der Waals surface area contributed by atoms with E-state index in [4.69, 9.17) is 0 Å². The number of piperidine rings is 3. The largest absolute Gasteiger partial charge is 0.303 e. The average Bonchev–Trinajstić information content (AvgIpc) is 3.08. The fraction of sp³-hybridized carbons (Fsp3) is 1.00. The van der Waals surface area contributed by atoms with Gasteiger partial charge in [0.25, 0.3) is 0 Å². The molecule has 8 saturated heterocycles. The molecule has 8 heterocycles. The van der Waals surface area contributed by atoms with Gasteiger partial charge in [-0.2, -0.15) is 0 Å². The molecule has 9 heteroatoms. The molecule has 2 spiro atoms. The van der Waals surface area contributed by atoms with E-state index in [1.54, 1.807) is 0 Å². The summed E-state index contributed by atoms with van der Waals surface area (Å²) in [7, 11) is 0. The van der Waals surface area contributed by atoms with Crippen LogP contribution in [0.2, 0.25) is 0 Å². The fourth-order valence-corrected chi connectivity index (χ4v) is 14.0. The van der Waals surface area contributed by atoms with Crippen LogP contribution in [0, 0.1) is 38.9 Å². The Bertz CT molecular complexity index is 1430. The minimum Gasteiger partial charge on any atom is -0.303 e. The highest BCUT2D eigenvalue weighted by atomic mass is 15.4. The number of hydrogen-bond donors (Lipinski definition) is 0. The topological polar surface area (TPSA) is 29.2 Å². The van der Waals surface area contributed by atoms with Crippen molar-refractivity contribution in [3.63, 3.8) is 0 Å². The molecule has 8 fully saturated rings. The molecule has 0 saturated carbocycles. The van der Waals surface area contributed by atoms with Gasteiger partial charge >= 0.3 is 0 Å². The van der Waals surface area contributed by atoms with Crippen LogP contribution in [0.1, 0.15) is 164 Å². The molecule has 392 valence electrons. The number of hydrogen-bond acceptors (Lipinski definition) is 9. The average molecular weight is 939 g/mol. The maximum absolute atomic E-state index is 2.80. The maximum Gasteiger partial charge on any atom is 0.0212 e. The second-order valence-electron chi connectivity index (χ2n) is 31.4. The molecule has 2 unspecified atom stereocenters. The molecule has 0 aliphatic carbocycles. The molecule has 0 amide bonds. The zero-order chi connectivity index (χ0) is 49.8. The highest BCUT2D eigenvalue weighted by Crippen LogP contribution is 2.46. The summed E-state index contributed by atoms with van der Waals surface area (Å²) in [6.45, 7) is 74.5.